The number of hydrogen-bond donors (Lipinski definition) is 1. The maximum absolute atomic E-state index is 13.4. The Bertz CT molecular complexity index is 915. The van der Waals surface area contributed by atoms with Gasteiger partial charge in [-0.15, -0.1) is 0 Å². The van der Waals surface area contributed by atoms with Gasteiger partial charge in [-0.2, -0.15) is 0 Å². The number of carbonyl (C=O) groups is 1. The van der Waals surface area contributed by atoms with Gasteiger partial charge in [0.25, 0.3) is 0 Å². The standard InChI is InChI=1S/C24H27ClN2O2/c1-27-14-12-23(13-15-27)16-20(19-4-2-3-5-21(19)29-23)26-22(28)24(10-11-24)17-6-8-18(25)9-7-17/h2-9,20H,10-16H2,1H3,(H,26,28). The predicted octanol–water partition coefficient (Wildman–Crippen LogP) is 4.48. The Labute approximate surface area is 177 Å². The molecule has 2 aliphatic heterocycles. The van der Waals surface area contributed by atoms with E-state index in [0.29, 0.717) is 5.02 Å². The molecule has 1 N–H and O–H groups in total. The summed E-state index contributed by atoms with van der Waals surface area (Å²) >= 11 is 6.05. The molecular formula is C24H27ClN2O2. The number of benzene rings is 2. The number of amides is 1. The van der Waals surface area contributed by atoms with E-state index in [4.69, 9.17) is 16.3 Å². The number of fused-ring (bicyclic) bond motifs is 1. The first-order valence-corrected chi connectivity index (χ1v) is 10.9. The van der Waals surface area contributed by atoms with Crippen LogP contribution in [-0.4, -0.2) is 36.5 Å². The van der Waals surface area contributed by atoms with Crippen LogP contribution in [0.2, 0.25) is 5.02 Å². The van der Waals surface area contributed by atoms with Crippen LogP contribution in [0.3, 0.4) is 0 Å². The first-order chi connectivity index (χ1) is 14.0. The summed E-state index contributed by atoms with van der Waals surface area (Å²) in [6.07, 6.45) is 4.60. The molecule has 0 bridgehead atoms. The van der Waals surface area contributed by atoms with E-state index in [9.17, 15) is 4.79 Å². The molecule has 1 saturated carbocycles. The maximum Gasteiger partial charge on any atom is 0.231 e. The van der Waals surface area contributed by atoms with Gasteiger partial charge in [0.2, 0.25) is 5.91 Å². The lowest BCUT2D eigenvalue weighted by Crippen LogP contribution is -2.52. The molecule has 3 aliphatic rings. The molecule has 0 radical (unpaired) electrons. The van der Waals surface area contributed by atoms with E-state index in [1.165, 1.54) is 0 Å². The Hall–Kier alpha value is -2.04. The summed E-state index contributed by atoms with van der Waals surface area (Å²) in [5, 5.41) is 4.11. The molecule has 1 unspecified atom stereocenters. The van der Waals surface area contributed by atoms with Crippen molar-refractivity contribution in [3.63, 3.8) is 0 Å². The van der Waals surface area contributed by atoms with Gasteiger partial charge in [0.15, 0.2) is 0 Å². The highest BCUT2D eigenvalue weighted by Crippen LogP contribution is 2.50. The van der Waals surface area contributed by atoms with Gasteiger partial charge in [-0.05, 0) is 56.5 Å². The van der Waals surface area contributed by atoms with Gasteiger partial charge in [0, 0.05) is 30.1 Å². The molecule has 1 saturated heterocycles. The minimum atomic E-state index is -0.405. The van der Waals surface area contributed by atoms with E-state index in [0.717, 1.165) is 62.1 Å². The number of nitrogens with zero attached hydrogens (tertiary/aromatic N) is 1. The zero-order valence-electron chi connectivity index (χ0n) is 16.8. The van der Waals surface area contributed by atoms with Gasteiger partial charge in [0.05, 0.1) is 11.5 Å². The molecule has 1 amide bonds. The van der Waals surface area contributed by atoms with E-state index in [2.05, 4.69) is 23.3 Å². The lowest BCUT2D eigenvalue weighted by molar-refractivity contribution is -0.125. The van der Waals surface area contributed by atoms with Crippen molar-refractivity contribution in [2.75, 3.05) is 20.1 Å². The summed E-state index contributed by atoms with van der Waals surface area (Å²) in [4.78, 5) is 15.8. The van der Waals surface area contributed by atoms with Crippen LogP contribution in [0.25, 0.3) is 0 Å². The summed E-state index contributed by atoms with van der Waals surface area (Å²) in [5.41, 5.74) is 1.57. The van der Waals surface area contributed by atoms with E-state index in [1.54, 1.807) is 0 Å². The number of hydrogen-bond acceptors (Lipinski definition) is 3. The molecule has 2 aromatic carbocycles. The lowest BCUT2D eigenvalue weighted by atomic mass is 9.80. The number of carbonyl (C=O) groups excluding carboxylic acids is 1. The van der Waals surface area contributed by atoms with Crippen molar-refractivity contribution in [3.05, 3.63) is 64.7 Å². The van der Waals surface area contributed by atoms with Gasteiger partial charge >= 0.3 is 0 Å². The Morgan fingerprint density at radius 1 is 1.07 bits per heavy atom. The molecule has 1 spiro atoms. The van der Waals surface area contributed by atoms with Crippen molar-refractivity contribution >= 4 is 17.5 Å². The summed E-state index contributed by atoms with van der Waals surface area (Å²) in [5.74, 6) is 1.05. The molecule has 29 heavy (non-hydrogen) atoms. The Morgan fingerprint density at radius 3 is 2.45 bits per heavy atom. The summed E-state index contributed by atoms with van der Waals surface area (Å²) in [6.45, 7) is 2.05. The largest absolute Gasteiger partial charge is 0.487 e. The number of rotatable bonds is 3. The molecule has 1 atom stereocenters. The molecule has 5 rings (SSSR count). The first-order valence-electron chi connectivity index (χ1n) is 10.5. The average Bonchev–Trinajstić information content (AvgIpc) is 3.53. The fourth-order valence-electron chi connectivity index (χ4n) is 4.92. The normalized spacial score (nSPS) is 24.4. The van der Waals surface area contributed by atoms with Crippen molar-refractivity contribution < 1.29 is 9.53 Å². The minimum absolute atomic E-state index is 0.0133. The van der Waals surface area contributed by atoms with Gasteiger partial charge in [-0.1, -0.05) is 41.9 Å². The number of para-hydroxylation sites is 1. The SMILES string of the molecule is CN1CCC2(CC1)CC(NC(=O)C1(c3ccc(Cl)cc3)CC1)c1ccccc1O2. The molecule has 4 nitrogen and oxygen atoms in total. The number of piperidine rings is 1. The van der Waals surface area contributed by atoms with Crippen molar-refractivity contribution in [2.45, 2.75) is 49.2 Å². The molecule has 2 fully saturated rings. The third-order valence-electron chi connectivity index (χ3n) is 6.98. The van der Waals surface area contributed by atoms with Crippen LogP contribution in [-0.2, 0) is 10.2 Å². The Balaban J connectivity index is 1.41. The Morgan fingerprint density at radius 2 is 1.76 bits per heavy atom. The third kappa shape index (κ3) is 3.43. The lowest BCUT2D eigenvalue weighted by Gasteiger charge is -2.46. The summed E-state index contributed by atoms with van der Waals surface area (Å²) in [6, 6.07) is 15.9. The number of likely N-dealkylation sites (tertiary alicyclic amines) is 1. The third-order valence-corrected chi connectivity index (χ3v) is 7.23. The fraction of sp³-hybridized carbons (Fsp3) is 0.458. The van der Waals surface area contributed by atoms with Crippen LogP contribution in [0.5, 0.6) is 5.75 Å². The average molecular weight is 411 g/mol. The second kappa shape index (κ2) is 7.03. The first kappa shape index (κ1) is 19.0. The van der Waals surface area contributed by atoms with Gasteiger partial charge in [-0.25, -0.2) is 0 Å². The zero-order chi connectivity index (χ0) is 20.1. The van der Waals surface area contributed by atoms with Gasteiger partial charge < -0.3 is 15.0 Å². The molecular weight excluding hydrogens is 384 g/mol. The van der Waals surface area contributed by atoms with Crippen LogP contribution in [0.4, 0.5) is 0 Å². The zero-order valence-corrected chi connectivity index (χ0v) is 17.5. The topological polar surface area (TPSA) is 41.6 Å². The van der Waals surface area contributed by atoms with Crippen LogP contribution in [0.1, 0.15) is 49.3 Å². The second-order valence-electron chi connectivity index (χ2n) is 8.95. The fourth-order valence-corrected chi connectivity index (χ4v) is 5.04. The van der Waals surface area contributed by atoms with Crippen molar-refractivity contribution in [1.82, 2.24) is 10.2 Å². The molecule has 152 valence electrons. The smallest absolute Gasteiger partial charge is 0.231 e. The van der Waals surface area contributed by atoms with Crippen LogP contribution >= 0.6 is 11.6 Å². The van der Waals surface area contributed by atoms with E-state index < -0.39 is 5.41 Å². The van der Waals surface area contributed by atoms with Crippen LogP contribution in [0, 0.1) is 0 Å². The van der Waals surface area contributed by atoms with Crippen LogP contribution < -0.4 is 10.1 Å². The highest BCUT2D eigenvalue weighted by atomic mass is 35.5. The molecule has 2 aromatic rings. The maximum atomic E-state index is 13.4. The molecule has 5 heteroatoms. The summed E-state index contributed by atoms with van der Waals surface area (Å²) < 4.78 is 6.53. The second-order valence-corrected chi connectivity index (χ2v) is 9.38. The number of nitrogens with one attached hydrogen (secondary N) is 1. The minimum Gasteiger partial charge on any atom is -0.487 e. The van der Waals surface area contributed by atoms with Crippen molar-refractivity contribution in [1.29, 1.82) is 0 Å². The number of ether oxygens (including phenoxy) is 1. The Kier molecular flexibility index (Phi) is 4.60. The van der Waals surface area contributed by atoms with Gasteiger partial charge in [-0.3, -0.25) is 4.79 Å². The number of halogens is 1. The van der Waals surface area contributed by atoms with E-state index >= 15 is 0 Å². The molecule has 2 heterocycles. The molecule has 1 aliphatic carbocycles. The van der Waals surface area contributed by atoms with Gasteiger partial charge in [0.1, 0.15) is 11.4 Å². The molecule has 0 aromatic heterocycles. The van der Waals surface area contributed by atoms with Crippen molar-refractivity contribution in [2.24, 2.45) is 0 Å². The van der Waals surface area contributed by atoms with E-state index in [1.807, 2.05) is 42.5 Å². The van der Waals surface area contributed by atoms with Crippen molar-refractivity contribution in [3.8, 4) is 5.75 Å². The van der Waals surface area contributed by atoms with E-state index in [-0.39, 0.29) is 17.6 Å². The quantitative estimate of drug-likeness (QED) is 0.811. The summed E-state index contributed by atoms with van der Waals surface area (Å²) in [7, 11) is 2.16. The predicted molar refractivity (Wildman–Crippen MR) is 114 cm³/mol. The van der Waals surface area contributed by atoms with Crippen LogP contribution in [0.15, 0.2) is 48.5 Å². The monoisotopic (exact) mass is 410 g/mol. The highest BCUT2D eigenvalue weighted by Gasteiger charge is 2.52. The highest BCUT2D eigenvalue weighted by molar-refractivity contribution is 6.30.